The molecule has 0 aliphatic rings. The molecule has 0 aromatic heterocycles. The van der Waals surface area contributed by atoms with E-state index >= 15 is 0 Å². The highest BCUT2D eigenvalue weighted by Gasteiger charge is 2.11. The van der Waals surface area contributed by atoms with Gasteiger partial charge in [0.2, 0.25) is 0 Å². The van der Waals surface area contributed by atoms with E-state index in [0.717, 1.165) is 27.2 Å². The van der Waals surface area contributed by atoms with Gasteiger partial charge in [0.25, 0.3) is 5.84 Å². The lowest BCUT2D eigenvalue weighted by Crippen LogP contribution is -3.00. The molecule has 0 aliphatic heterocycles. The van der Waals surface area contributed by atoms with Crippen LogP contribution in [-0.4, -0.2) is 5.84 Å². The van der Waals surface area contributed by atoms with E-state index in [4.69, 9.17) is 0 Å². The van der Waals surface area contributed by atoms with Crippen LogP contribution in [0.25, 0.3) is 0 Å². The maximum Gasteiger partial charge on any atom is 0.285 e. The van der Waals surface area contributed by atoms with Gasteiger partial charge in [-0.25, -0.2) is 10.3 Å². The molecule has 0 bridgehead atoms. The summed E-state index contributed by atoms with van der Waals surface area (Å²) in [6, 6.07) is 26.7. The molecule has 3 rings (SSSR count). The van der Waals surface area contributed by atoms with Gasteiger partial charge in [-0.1, -0.05) is 34.1 Å². The van der Waals surface area contributed by atoms with Crippen LogP contribution in [0.15, 0.2) is 83.3 Å². The number of benzene rings is 3. The summed E-state index contributed by atoms with van der Waals surface area (Å²) in [5, 5.41) is 3.48. The maximum atomic E-state index is 3.48. The summed E-state index contributed by atoms with van der Waals surface area (Å²) >= 11 is 5.77. The van der Waals surface area contributed by atoms with Crippen LogP contribution in [0.2, 0.25) is 0 Å². The Morgan fingerprint density at radius 2 is 1.46 bits per heavy atom. The summed E-state index contributed by atoms with van der Waals surface area (Å²) in [5.41, 5.74) is 3.19. The van der Waals surface area contributed by atoms with Crippen LogP contribution in [0.5, 0.6) is 0 Å². The number of hydrogen-bond acceptors (Lipinski definition) is 0. The largest absolute Gasteiger partial charge is 1.00 e. The Balaban J connectivity index is 0.00000208. The van der Waals surface area contributed by atoms with Gasteiger partial charge < -0.3 is 12.4 Å². The van der Waals surface area contributed by atoms with Crippen LogP contribution in [0.1, 0.15) is 5.56 Å². The third-order valence-corrected chi connectivity index (χ3v) is 4.54. The van der Waals surface area contributed by atoms with Crippen LogP contribution in [0, 0.1) is 3.57 Å². The Morgan fingerprint density at radius 3 is 2.08 bits per heavy atom. The summed E-state index contributed by atoms with van der Waals surface area (Å²) in [6.07, 6.45) is 0. The molecule has 0 saturated heterocycles. The second kappa shape index (κ2) is 9.20. The van der Waals surface area contributed by atoms with Crippen LogP contribution in [-0.2, 0) is 0 Å². The number of nitrogens with one attached hydrogen (secondary N) is 2. The van der Waals surface area contributed by atoms with Crippen molar-refractivity contribution in [3.63, 3.8) is 0 Å². The van der Waals surface area contributed by atoms with E-state index in [-0.39, 0.29) is 12.4 Å². The highest BCUT2D eigenvalue weighted by molar-refractivity contribution is 14.1. The second-order valence-electron chi connectivity index (χ2n) is 5.00. The summed E-state index contributed by atoms with van der Waals surface area (Å²) in [5.74, 6) is 0.953. The topological polar surface area (TPSA) is 26.0 Å². The normalized spacial score (nSPS) is 10.8. The number of rotatable bonds is 3. The number of amidine groups is 1. The van der Waals surface area contributed by atoms with Crippen molar-refractivity contribution in [2.45, 2.75) is 0 Å². The molecule has 0 atom stereocenters. The van der Waals surface area contributed by atoms with Gasteiger partial charge in [0.15, 0.2) is 0 Å². The van der Waals surface area contributed by atoms with Crippen molar-refractivity contribution in [2.24, 2.45) is 0 Å². The van der Waals surface area contributed by atoms with Crippen LogP contribution < -0.4 is 22.7 Å². The Hall–Kier alpha value is -1.37. The monoisotopic (exact) mass is 512 g/mol. The molecule has 5 heteroatoms. The third-order valence-electron chi connectivity index (χ3n) is 3.29. The first kappa shape index (κ1) is 19.0. The van der Waals surface area contributed by atoms with Crippen molar-refractivity contribution < 1.29 is 17.4 Å². The minimum Gasteiger partial charge on any atom is -1.00 e. The zero-order chi connectivity index (χ0) is 16.1. The number of hydrogen-bond donors (Lipinski definition) is 2. The predicted octanol–water partition coefficient (Wildman–Crippen LogP) is 1.33. The SMILES string of the molecule is Brc1ccc([NH+]=C(Nc2ccc(I)cc2)c2ccccc2)cc1.[Cl-]. The molecule has 0 unspecified atom stereocenters. The number of halogens is 3. The molecule has 24 heavy (non-hydrogen) atoms. The fourth-order valence-electron chi connectivity index (χ4n) is 2.14. The molecule has 3 aromatic carbocycles. The smallest absolute Gasteiger partial charge is 0.285 e. The quantitative estimate of drug-likeness (QED) is 0.309. The highest BCUT2D eigenvalue weighted by atomic mass is 127. The van der Waals surface area contributed by atoms with Crippen molar-refractivity contribution >= 4 is 55.7 Å². The van der Waals surface area contributed by atoms with E-state index < -0.39 is 0 Å². The molecule has 0 aliphatic carbocycles. The minimum absolute atomic E-state index is 0. The molecule has 2 nitrogen and oxygen atoms in total. The molecule has 0 saturated carbocycles. The van der Waals surface area contributed by atoms with Gasteiger partial charge in [0.05, 0.1) is 5.56 Å². The first-order chi connectivity index (χ1) is 11.2. The first-order valence-corrected chi connectivity index (χ1v) is 9.05. The second-order valence-corrected chi connectivity index (χ2v) is 7.17. The lowest BCUT2D eigenvalue weighted by atomic mass is 10.2. The summed E-state index contributed by atoms with van der Waals surface area (Å²) in [6.45, 7) is 0. The molecular weight excluding hydrogens is 498 g/mol. The Labute approximate surface area is 170 Å². The Morgan fingerprint density at radius 1 is 0.833 bits per heavy atom. The molecule has 0 heterocycles. The lowest BCUT2D eigenvalue weighted by molar-refractivity contribution is -0.352. The summed E-state index contributed by atoms with van der Waals surface area (Å²) in [7, 11) is 0. The van der Waals surface area contributed by atoms with Gasteiger partial charge in [-0.2, -0.15) is 0 Å². The van der Waals surface area contributed by atoms with Gasteiger partial charge in [-0.15, -0.1) is 0 Å². The van der Waals surface area contributed by atoms with Crippen LogP contribution in [0.4, 0.5) is 11.4 Å². The predicted molar refractivity (Wildman–Crippen MR) is 108 cm³/mol. The van der Waals surface area contributed by atoms with Gasteiger partial charge in [0, 0.05) is 8.04 Å². The zero-order valence-corrected chi connectivity index (χ0v) is 17.1. The molecule has 0 spiro atoms. The molecular formula is C19H15BrClIN2. The summed E-state index contributed by atoms with van der Waals surface area (Å²) < 4.78 is 2.28. The molecule has 122 valence electrons. The zero-order valence-electron chi connectivity index (χ0n) is 12.6. The van der Waals surface area contributed by atoms with Crippen molar-refractivity contribution in [3.05, 3.63) is 92.5 Å². The van der Waals surface area contributed by atoms with Gasteiger partial charge in [-0.05, 0) is 83.3 Å². The average molecular weight is 514 g/mol. The molecule has 0 fully saturated rings. The Kier molecular flexibility index (Phi) is 7.27. The first-order valence-electron chi connectivity index (χ1n) is 7.18. The molecule has 3 aromatic rings. The van der Waals surface area contributed by atoms with E-state index in [1.165, 1.54) is 3.57 Å². The average Bonchev–Trinajstić information content (AvgIpc) is 2.59. The Bertz CT molecular complexity index is 803. The van der Waals surface area contributed by atoms with Crippen molar-refractivity contribution in [1.29, 1.82) is 0 Å². The van der Waals surface area contributed by atoms with Gasteiger partial charge >= 0.3 is 0 Å². The van der Waals surface area contributed by atoms with E-state index in [9.17, 15) is 0 Å². The fraction of sp³-hybridized carbons (Fsp3) is 0. The van der Waals surface area contributed by atoms with E-state index in [1.807, 2.05) is 42.5 Å². The standard InChI is InChI=1S/C19H14BrIN2.ClH/c20-15-6-10-17(11-7-15)22-19(14-4-2-1-3-5-14)23-18-12-8-16(21)9-13-18;/h1-13H,(H,22,23);1H. The van der Waals surface area contributed by atoms with Crippen molar-refractivity contribution in [1.82, 2.24) is 0 Å². The van der Waals surface area contributed by atoms with E-state index in [0.29, 0.717) is 0 Å². The van der Waals surface area contributed by atoms with Crippen molar-refractivity contribution in [3.8, 4) is 0 Å². The van der Waals surface area contributed by atoms with Crippen molar-refractivity contribution in [2.75, 3.05) is 5.32 Å². The lowest BCUT2D eigenvalue weighted by Gasteiger charge is -2.04. The molecule has 2 N–H and O–H groups in total. The minimum atomic E-state index is 0. The highest BCUT2D eigenvalue weighted by Crippen LogP contribution is 2.13. The van der Waals surface area contributed by atoms with Crippen LogP contribution >= 0.6 is 38.5 Å². The summed E-state index contributed by atoms with van der Waals surface area (Å²) in [4.78, 5) is 3.47. The van der Waals surface area contributed by atoms with Crippen LogP contribution in [0.3, 0.4) is 0 Å². The van der Waals surface area contributed by atoms with Gasteiger partial charge in [-0.3, -0.25) is 0 Å². The fourth-order valence-corrected chi connectivity index (χ4v) is 2.76. The molecule has 0 radical (unpaired) electrons. The van der Waals surface area contributed by atoms with E-state index in [2.05, 4.69) is 85.2 Å². The maximum absolute atomic E-state index is 3.48. The van der Waals surface area contributed by atoms with Gasteiger partial charge in [0.1, 0.15) is 11.4 Å². The van der Waals surface area contributed by atoms with E-state index in [1.54, 1.807) is 0 Å². The third kappa shape index (κ3) is 5.33. The molecule has 0 amide bonds. The number of anilines is 1.